The summed E-state index contributed by atoms with van der Waals surface area (Å²) in [5.74, 6) is 0.771. The third-order valence-corrected chi connectivity index (χ3v) is 5.98. The van der Waals surface area contributed by atoms with Crippen molar-refractivity contribution < 1.29 is 4.79 Å². The molecule has 0 fully saturated rings. The number of anilines is 1. The highest BCUT2D eigenvalue weighted by atomic mass is 32.2. The fourth-order valence-electron chi connectivity index (χ4n) is 2.33. The summed E-state index contributed by atoms with van der Waals surface area (Å²) in [5.41, 5.74) is 2.81. The van der Waals surface area contributed by atoms with Gasteiger partial charge >= 0.3 is 4.87 Å². The van der Waals surface area contributed by atoms with Crippen molar-refractivity contribution in [2.24, 2.45) is 7.05 Å². The SMILES string of the molecule is C[C@H](SCc1ccccc1)C(=O)Nc1ccc2c(c1)sc(=O)n2C. The molecule has 0 spiro atoms. The number of rotatable bonds is 5. The van der Waals surface area contributed by atoms with Crippen molar-refractivity contribution in [3.63, 3.8) is 0 Å². The minimum atomic E-state index is -0.157. The normalized spacial score (nSPS) is 12.2. The number of fused-ring (bicyclic) bond motifs is 1. The molecule has 1 aromatic heterocycles. The second-order valence-corrected chi connectivity index (χ2v) is 7.86. The third-order valence-electron chi connectivity index (χ3n) is 3.77. The molecule has 1 amide bonds. The number of amides is 1. The van der Waals surface area contributed by atoms with Gasteiger partial charge in [-0.1, -0.05) is 41.7 Å². The van der Waals surface area contributed by atoms with Crippen molar-refractivity contribution in [1.29, 1.82) is 0 Å². The molecular formula is C18H18N2O2S2. The molecule has 0 bridgehead atoms. The van der Waals surface area contributed by atoms with Crippen molar-refractivity contribution in [3.05, 3.63) is 63.8 Å². The maximum atomic E-state index is 12.3. The standard InChI is InChI=1S/C18H18N2O2S2/c1-12(23-11-13-6-4-3-5-7-13)17(21)19-14-8-9-15-16(10-14)24-18(22)20(15)2/h3-10,12H,11H2,1-2H3,(H,19,21)/t12-/m0/s1. The first kappa shape index (κ1) is 16.8. The fourth-order valence-corrected chi connectivity index (χ4v) is 4.09. The Labute approximate surface area is 148 Å². The van der Waals surface area contributed by atoms with Gasteiger partial charge in [-0.3, -0.25) is 9.59 Å². The van der Waals surface area contributed by atoms with E-state index in [-0.39, 0.29) is 16.0 Å². The lowest BCUT2D eigenvalue weighted by molar-refractivity contribution is -0.115. The summed E-state index contributed by atoms with van der Waals surface area (Å²) >= 11 is 2.79. The van der Waals surface area contributed by atoms with Crippen molar-refractivity contribution in [2.45, 2.75) is 17.9 Å². The molecule has 1 N–H and O–H groups in total. The molecule has 0 saturated carbocycles. The molecule has 0 saturated heterocycles. The topological polar surface area (TPSA) is 51.1 Å². The van der Waals surface area contributed by atoms with Gasteiger partial charge in [0.15, 0.2) is 0 Å². The Balaban J connectivity index is 1.64. The molecule has 0 radical (unpaired) electrons. The van der Waals surface area contributed by atoms with Gasteiger partial charge in [-0.15, -0.1) is 11.8 Å². The lowest BCUT2D eigenvalue weighted by Gasteiger charge is -2.12. The van der Waals surface area contributed by atoms with Crippen LogP contribution >= 0.6 is 23.1 Å². The minimum absolute atomic E-state index is 0.000242. The van der Waals surface area contributed by atoms with E-state index in [1.54, 1.807) is 23.4 Å². The van der Waals surface area contributed by atoms with E-state index in [1.165, 1.54) is 16.9 Å². The molecule has 0 unspecified atom stereocenters. The van der Waals surface area contributed by atoms with Crippen LogP contribution in [-0.2, 0) is 17.6 Å². The van der Waals surface area contributed by atoms with Gasteiger partial charge in [-0.2, -0.15) is 0 Å². The average molecular weight is 358 g/mol. The Morgan fingerprint density at radius 1 is 1.25 bits per heavy atom. The summed E-state index contributed by atoms with van der Waals surface area (Å²) in [5, 5.41) is 2.78. The van der Waals surface area contributed by atoms with Gasteiger partial charge < -0.3 is 9.88 Å². The van der Waals surface area contributed by atoms with Crippen LogP contribution in [0.2, 0.25) is 0 Å². The highest BCUT2D eigenvalue weighted by Gasteiger charge is 2.14. The van der Waals surface area contributed by atoms with Crippen LogP contribution < -0.4 is 10.2 Å². The molecule has 24 heavy (non-hydrogen) atoms. The summed E-state index contributed by atoms with van der Waals surface area (Å²) in [6.07, 6.45) is 0. The predicted molar refractivity (Wildman–Crippen MR) is 103 cm³/mol. The highest BCUT2D eigenvalue weighted by Crippen LogP contribution is 2.23. The van der Waals surface area contributed by atoms with Gasteiger partial charge in [0, 0.05) is 18.5 Å². The van der Waals surface area contributed by atoms with Crippen LogP contribution in [0.5, 0.6) is 0 Å². The maximum absolute atomic E-state index is 12.3. The number of aromatic nitrogens is 1. The maximum Gasteiger partial charge on any atom is 0.307 e. The van der Waals surface area contributed by atoms with Crippen molar-refractivity contribution >= 4 is 44.9 Å². The summed E-state index contributed by atoms with van der Waals surface area (Å²) < 4.78 is 2.49. The lowest BCUT2D eigenvalue weighted by Crippen LogP contribution is -2.22. The number of nitrogens with one attached hydrogen (secondary N) is 1. The molecule has 3 rings (SSSR count). The number of hydrogen-bond donors (Lipinski definition) is 1. The largest absolute Gasteiger partial charge is 0.325 e. The van der Waals surface area contributed by atoms with Crippen LogP contribution in [0.3, 0.4) is 0 Å². The first-order valence-corrected chi connectivity index (χ1v) is 9.47. The first-order valence-electron chi connectivity index (χ1n) is 7.60. The predicted octanol–water partition coefficient (Wildman–Crippen LogP) is 3.86. The monoisotopic (exact) mass is 358 g/mol. The van der Waals surface area contributed by atoms with E-state index < -0.39 is 0 Å². The second-order valence-electron chi connectivity index (χ2n) is 5.54. The van der Waals surface area contributed by atoms with Crippen LogP contribution in [0.1, 0.15) is 12.5 Å². The fraction of sp³-hybridized carbons (Fsp3) is 0.222. The molecule has 6 heteroatoms. The zero-order chi connectivity index (χ0) is 17.1. The molecule has 1 heterocycles. The van der Waals surface area contributed by atoms with Crippen molar-refractivity contribution in [3.8, 4) is 0 Å². The zero-order valence-corrected chi connectivity index (χ0v) is 15.1. The number of carbonyl (C=O) groups is 1. The number of thiazole rings is 1. The van der Waals surface area contributed by atoms with E-state index in [1.807, 2.05) is 43.3 Å². The summed E-state index contributed by atoms with van der Waals surface area (Å²) in [6, 6.07) is 15.7. The Hall–Kier alpha value is -2.05. The summed E-state index contributed by atoms with van der Waals surface area (Å²) in [6.45, 7) is 1.91. The van der Waals surface area contributed by atoms with Crippen LogP contribution in [0.15, 0.2) is 53.3 Å². The molecule has 0 aliphatic heterocycles. The minimum Gasteiger partial charge on any atom is -0.325 e. The van der Waals surface area contributed by atoms with Gasteiger partial charge in [0.05, 0.1) is 15.5 Å². The van der Waals surface area contributed by atoms with Crippen molar-refractivity contribution in [1.82, 2.24) is 4.57 Å². The van der Waals surface area contributed by atoms with E-state index >= 15 is 0 Å². The zero-order valence-electron chi connectivity index (χ0n) is 13.5. The highest BCUT2D eigenvalue weighted by molar-refractivity contribution is 7.99. The average Bonchev–Trinajstić information content (AvgIpc) is 2.87. The van der Waals surface area contributed by atoms with Gasteiger partial charge in [-0.05, 0) is 30.7 Å². The molecular weight excluding hydrogens is 340 g/mol. The number of nitrogens with zero attached hydrogens (tertiary/aromatic N) is 1. The smallest absolute Gasteiger partial charge is 0.307 e. The van der Waals surface area contributed by atoms with Crippen LogP contribution in [-0.4, -0.2) is 15.7 Å². The molecule has 1 atom stereocenters. The number of benzene rings is 2. The lowest BCUT2D eigenvalue weighted by atomic mass is 10.2. The van der Waals surface area contributed by atoms with Gasteiger partial charge in [0.1, 0.15) is 0 Å². The second kappa shape index (κ2) is 7.23. The molecule has 4 nitrogen and oxygen atoms in total. The Morgan fingerprint density at radius 3 is 2.75 bits per heavy atom. The number of carbonyl (C=O) groups excluding carboxylic acids is 1. The van der Waals surface area contributed by atoms with Crippen LogP contribution in [0.25, 0.3) is 10.2 Å². The Bertz CT molecular complexity index is 916. The van der Waals surface area contributed by atoms with Gasteiger partial charge in [0.2, 0.25) is 5.91 Å². The number of aryl methyl sites for hydroxylation is 1. The van der Waals surface area contributed by atoms with E-state index in [0.29, 0.717) is 0 Å². The van der Waals surface area contributed by atoms with E-state index in [2.05, 4.69) is 17.4 Å². The Morgan fingerprint density at radius 2 is 2.00 bits per heavy atom. The van der Waals surface area contributed by atoms with E-state index in [0.717, 1.165) is 21.7 Å². The molecule has 3 aromatic rings. The van der Waals surface area contributed by atoms with Crippen molar-refractivity contribution in [2.75, 3.05) is 5.32 Å². The number of hydrogen-bond acceptors (Lipinski definition) is 4. The van der Waals surface area contributed by atoms with Crippen LogP contribution in [0, 0.1) is 0 Å². The third kappa shape index (κ3) is 3.71. The quantitative estimate of drug-likeness (QED) is 0.753. The first-order chi connectivity index (χ1) is 11.5. The van der Waals surface area contributed by atoms with Gasteiger partial charge in [-0.25, -0.2) is 0 Å². The molecule has 2 aromatic carbocycles. The molecule has 0 aliphatic carbocycles. The molecule has 0 aliphatic rings. The van der Waals surface area contributed by atoms with E-state index in [9.17, 15) is 9.59 Å². The number of thioether (sulfide) groups is 1. The van der Waals surface area contributed by atoms with Crippen LogP contribution in [0.4, 0.5) is 5.69 Å². The summed E-state index contributed by atoms with van der Waals surface area (Å²) in [4.78, 5) is 24.0. The Kier molecular flexibility index (Phi) is 5.06. The van der Waals surface area contributed by atoms with Gasteiger partial charge in [0.25, 0.3) is 0 Å². The molecule has 124 valence electrons. The summed E-state index contributed by atoms with van der Waals surface area (Å²) in [7, 11) is 1.75. The van der Waals surface area contributed by atoms with E-state index in [4.69, 9.17) is 0 Å².